The van der Waals surface area contributed by atoms with Gasteiger partial charge in [0.25, 0.3) is 0 Å². The van der Waals surface area contributed by atoms with Crippen LogP contribution in [0.5, 0.6) is 0 Å². The molecule has 0 bridgehead atoms. The van der Waals surface area contributed by atoms with Crippen LogP contribution in [0.3, 0.4) is 0 Å². The number of carbonyl (C=O) groups excluding carboxylic acids is 2. The first kappa shape index (κ1) is 20.7. The van der Waals surface area contributed by atoms with Crippen LogP contribution in [0.25, 0.3) is 0 Å². The lowest BCUT2D eigenvalue weighted by molar-refractivity contribution is -0.139. The first-order chi connectivity index (χ1) is 14.0. The number of anilines is 1. The van der Waals surface area contributed by atoms with Crippen molar-refractivity contribution in [2.45, 2.75) is 19.9 Å². The van der Waals surface area contributed by atoms with Gasteiger partial charge in [0.15, 0.2) is 0 Å². The maximum Gasteiger partial charge on any atom is 0.338 e. The van der Waals surface area contributed by atoms with Crippen LogP contribution >= 0.6 is 11.6 Å². The molecule has 2 N–H and O–H groups in total. The number of hydrogen-bond donors (Lipinski definition) is 2. The minimum atomic E-state index is -0.621. The molecule has 0 aliphatic carbocycles. The fourth-order valence-electron chi connectivity index (χ4n) is 3.31. The lowest BCUT2D eigenvalue weighted by Crippen LogP contribution is -2.48. The van der Waals surface area contributed by atoms with Crippen LogP contribution in [0.2, 0.25) is 5.02 Å². The Balaban J connectivity index is 2.04. The Hall–Kier alpha value is -2.99. The van der Waals surface area contributed by atoms with Crippen LogP contribution in [0.1, 0.15) is 25.5 Å². The number of halogens is 1. The van der Waals surface area contributed by atoms with E-state index in [1.165, 1.54) is 0 Å². The van der Waals surface area contributed by atoms with E-state index in [1.54, 1.807) is 31.2 Å². The number of rotatable bonds is 7. The summed E-state index contributed by atoms with van der Waals surface area (Å²) < 4.78 is 5.31. The highest BCUT2D eigenvalue weighted by Gasteiger charge is 2.34. The summed E-state index contributed by atoms with van der Waals surface area (Å²) in [7, 11) is 0. The van der Waals surface area contributed by atoms with E-state index in [4.69, 9.17) is 16.3 Å². The first-order valence-corrected chi connectivity index (χ1v) is 9.94. The molecule has 6 nitrogen and oxygen atoms in total. The molecule has 0 fully saturated rings. The highest BCUT2D eigenvalue weighted by Crippen LogP contribution is 2.29. The minimum Gasteiger partial charge on any atom is -0.463 e. The number of nitrogens with one attached hydrogen (secondary N) is 2. The molecule has 3 rings (SSSR count). The first-order valence-electron chi connectivity index (χ1n) is 9.56. The van der Waals surface area contributed by atoms with Crippen LogP contribution in [0.4, 0.5) is 10.5 Å². The third-order valence-corrected chi connectivity index (χ3v) is 4.96. The highest BCUT2D eigenvalue weighted by atomic mass is 35.5. The molecule has 0 saturated heterocycles. The maximum absolute atomic E-state index is 12.9. The van der Waals surface area contributed by atoms with Gasteiger partial charge in [-0.2, -0.15) is 0 Å². The molecular weight excluding hydrogens is 390 g/mol. The molecule has 0 unspecified atom stereocenters. The van der Waals surface area contributed by atoms with E-state index in [0.717, 1.165) is 11.3 Å². The van der Waals surface area contributed by atoms with E-state index in [2.05, 4.69) is 15.5 Å². The summed E-state index contributed by atoms with van der Waals surface area (Å²) in [5.41, 5.74) is 2.68. The number of benzene rings is 2. The third-order valence-electron chi connectivity index (χ3n) is 4.70. The van der Waals surface area contributed by atoms with E-state index in [1.807, 2.05) is 37.3 Å². The molecule has 1 heterocycles. The van der Waals surface area contributed by atoms with Gasteiger partial charge in [0.05, 0.1) is 30.5 Å². The molecule has 0 saturated carbocycles. The van der Waals surface area contributed by atoms with Gasteiger partial charge >= 0.3 is 12.0 Å². The molecule has 2 aromatic rings. The Morgan fingerprint density at radius 2 is 1.79 bits per heavy atom. The van der Waals surface area contributed by atoms with E-state index >= 15 is 0 Å². The third kappa shape index (κ3) is 4.90. The van der Waals surface area contributed by atoms with Crippen molar-refractivity contribution in [3.05, 3.63) is 76.5 Å². The van der Waals surface area contributed by atoms with Crippen molar-refractivity contribution in [3.63, 3.8) is 0 Å². The zero-order chi connectivity index (χ0) is 20.8. The van der Waals surface area contributed by atoms with Gasteiger partial charge in [-0.1, -0.05) is 41.9 Å². The second-order valence-corrected chi connectivity index (χ2v) is 6.98. The van der Waals surface area contributed by atoms with Gasteiger partial charge in [-0.15, -0.1) is 0 Å². The zero-order valence-corrected chi connectivity index (χ0v) is 17.2. The Kier molecular flexibility index (Phi) is 6.77. The summed E-state index contributed by atoms with van der Waals surface area (Å²) in [5.74, 6) is -0.459. The maximum atomic E-state index is 12.9. The van der Waals surface area contributed by atoms with Gasteiger partial charge in [0.2, 0.25) is 0 Å². The average molecular weight is 414 g/mol. The minimum absolute atomic E-state index is 0.243. The second kappa shape index (κ2) is 9.47. The molecule has 29 heavy (non-hydrogen) atoms. The Morgan fingerprint density at radius 3 is 2.41 bits per heavy atom. The lowest BCUT2D eigenvalue weighted by Gasteiger charge is -2.32. The van der Waals surface area contributed by atoms with Crippen LogP contribution in [-0.4, -0.2) is 31.7 Å². The highest BCUT2D eigenvalue weighted by molar-refractivity contribution is 6.30. The van der Waals surface area contributed by atoms with E-state index in [9.17, 15) is 9.59 Å². The van der Waals surface area contributed by atoms with Crippen LogP contribution in [-0.2, 0) is 9.53 Å². The smallest absolute Gasteiger partial charge is 0.338 e. The standard InChI is InChI=1S/C22H24ClN3O3/c1-3-26(17-8-6-5-7-9-17)14-18-19(21(27)29-4-2)20(25-22(28)24-18)15-10-12-16(23)13-11-15/h5-13,20H,3-4,14H2,1-2H3,(H2,24,25,28)/t20-/m0/s1. The van der Waals surface area contributed by atoms with Gasteiger partial charge < -0.3 is 20.3 Å². The SMILES string of the molecule is CCOC(=O)C1=C(CN(CC)c2ccccc2)NC(=O)N[C@H]1c1ccc(Cl)cc1. The molecular formula is C22H24ClN3O3. The zero-order valence-electron chi connectivity index (χ0n) is 16.4. The molecule has 0 radical (unpaired) electrons. The number of hydrogen-bond acceptors (Lipinski definition) is 4. The predicted octanol–water partition coefficient (Wildman–Crippen LogP) is 4.04. The molecule has 2 amide bonds. The quantitative estimate of drug-likeness (QED) is 0.672. The van der Waals surface area contributed by atoms with Crippen molar-refractivity contribution in [1.29, 1.82) is 0 Å². The number of urea groups is 1. The van der Waals surface area contributed by atoms with Gasteiger partial charge in [0.1, 0.15) is 0 Å². The number of likely N-dealkylation sites (N-methyl/N-ethyl adjacent to an activating group) is 1. The van der Waals surface area contributed by atoms with Gasteiger partial charge in [-0.3, -0.25) is 0 Å². The lowest BCUT2D eigenvalue weighted by atomic mass is 9.95. The van der Waals surface area contributed by atoms with Crippen LogP contribution in [0, 0.1) is 0 Å². The fraction of sp³-hybridized carbons (Fsp3) is 0.273. The van der Waals surface area contributed by atoms with Crippen molar-refractivity contribution < 1.29 is 14.3 Å². The molecule has 1 aliphatic heterocycles. The number of esters is 1. The summed E-state index contributed by atoms with van der Waals surface area (Å²) in [6, 6.07) is 15.9. The Labute approximate surface area is 175 Å². The number of carbonyl (C=O) groups is 2. The van der Waals surface area contributed by atoms with Crippen molar-refractivity contribution in [3.8, 4) is 0 Å². The van der Waals surface area contributed by atoms with Crippen molar-refractivity contribution in [1.82, 2.24) is 10.6 Å². The molecule has 2 aromatic carbocycles. The largest absolute Gasteiger partial charge is 0.463 e. The normalized spacial score (nSPS) is 16.1. The summed E-state index contributed by atoms with van der Waals surface area (Å²) in [6.07, 6.45) is 0. The van der Waals surface area contributed by atoms with Crippen molar-refractivity contribution in [2.24, 2.45) is 0 Å². The topological polar surface area (TPSA) is 70.7 Å². The predicted molar refractivity (Wildman–Crippen MR) is 114 cm³/mol. The van der Waals surface area contributed by atoms with Crippen molar-refractivity contribution in [2.75, 3.05) is 24.6 Å². The molecule has 152 valence electrons. The Bertz CT molecular complexity index is 897. The van der Waals surface area contributed by atoms with Gasteiger partial charge in [0, 0.05) is 17.3 Å². The monoisotopic (exact) mass is 413 g/mol. The number of nitrogens with zero attached hydrogens (tertiary/aromatic N) is 1. The second-order valence-electron chi connectivity index (χ2n) is 6.55. The van der Waals surface area contributed by atoms with Gasteiger partial charge in [-0.05, 0) is 43.7 Å². The fourth-order valence-corrected chi connectivity index (χ4v) is 3.44. The summed E-state index contributed by atoms with van der Waals surface area (Å²) >= 11 is 6.00. The van der Waals surface area contributed by atoms with E-state index < -0.39 is 12.0 Å². The number of amides is 2. The summed E-state index contributed by atoms with van der Waals surface area (Å²) in [5, 5.41) is 6.23. The number of para-hydroxylation sites is 1. The molecule has 7 heteroatoms. The van der Waals surface area contributed by atoms with E-state index in [-0.39, 0.29) is 12.6 Å². The molecule has 1 atom stereocenters. The van der Waals surface area contributed by atoms with Crippen molar-refractivity contribution >= 4 is 29.3 Å². The molecule has 1 aliphatic rings. The van der Waals surface area contributed by atoms with Gasteiger partial charge in [-0.25, -0.2) is 9.59 Å². The van der Waals surface area contributed by atoms with Crippen LogP contribution in [0.15, 0.2) is 65.9 Å². The number of ether oxygens (including phenoxy) is 1. The molecule has 0 aromatic heterocycles. The summed E-state index contributed by atoms with van der Waals surface area (Å²) in [6.45, 7) is 5.10. The average Bonchev–Trinajstić information content (AvgIpc) is 2.73. The Morgan fingerprint density at radius 1 is 1.10 bits per heavy atom. The molecule has 0 spiro atoms. The van der Waals surface area contributed by atoms with E-state index in [0.29, 0.717) is 29.4 Å². The van der Waals surface area contributed by atoms with Crippen LogP contribution < -0.4 is 15.5 Å². The summed E-state index contributed by atoms with van der Waals surface area (Å²) in [4.78, 5) is 27.3.